The molecule has 6 heteroatoms. The maximum absolute atomic E-state index is 11.7. The standard InChI is InChI=1S/C10H11IO4S/c1-8-2-4-9(5-3-8)16(12,13)15-7-10(11)6-14-10/h2-5H,6-7H2,1H3. The summed E-state index contributed by atoms with van der Waals surface area (Å²) in [5.41, 5.74) is 1.01. The van der Waals surface area contributed by atoms with Crippen molar-refractivity contribution in [2.24, 2.45) is 0 Å². The van der Waals surface area contributed by atoms with E-state index in [-0.39, 0.29) is 11.5 Å². The summed E-state index contributed by atoms with van der Waals surface area (Å²) in [4.78, 5) is 0.179. The molecule has 0 spiro atoms. The molecule has 0 aliphatic carbocycles. The molecule has 1 saturated heterocycles. The minimum atomic E-state index is -3.66. The summed E-state index contributed by atoms with van der Waals surface area (Å²) in [6, 6.07) is 6.56. The summed E-state index contributed by atoms with van der Waals surface area (Å²) in [7, 11) is -3.66. The maximum Gasteiger partial charge on any atom is 0.297 e. The molecule has 16 heavy (non-hydrogen) atoms. The van der Waals surface area contributed by atoms with Gasteiger partial charge in [0.15, 0.2) is 3.61 Å². The van der Waals surface area contributed by atoms with E-state index in [2.05, 4.69) is 0 Å². The Morgan fingerprint density at radius 3 is 2.50 bits per heavy atom. The average molecular weight is 354 g/mol. The Morgan fingerprint density at radius 1 is 1.44 bits per heavy atom. The van der Waals surface area contributed by atoms with E-state index in [1.54, 1.807) is 12.1 Å². The largest absolute Gasteiger partial charge is 0.356 e. The van der Waals surface area contributed by atoms with E-state index in [0.717, 1.165) is 5.56 Å². The lowest BCUT2D eigenvalue weighted by Crippen LogP contribution is -2.16. The number of hydrogen-bond donors (Lipinski definition) is 0. The zero-order valence-corrected chi connectivity index (χ0v) is 11.6. The first-order valence-corrected chi connectivity index (χ1v) is 7.19. The van der Waals surface area contributed by atoms with Crippen LogP contribution in [0.1, 0.15) is 5.56 Å². The minimum absolute atomic E-state index is 0.0593. The van der Waals surface area contributed by atoms with Crippen LogP contribution in [0.4, 0.5) is 0 Å². The van der Waals surface area contributed by atoms with Crippen LogP contribution in [0.2, 0.25) is 0 Å². The number of epoxide rings is 1. The van der Waals surface area contributed by atoms with Crippen LogP contribution in [0.3, 0.4) is 0 Å². The fourth-order valence-electron chi connectivity index (χ4n) is 1.10. The molecule has 0 saturated carbocycles. The second-order valence-electron chi connectivity index (χ2n) is 3.70. The Kier molecular flexibility index (Phi) is 3.26. The van der Waals surface area contributed by atoms with Gasteiger partial charge in [-0.1, -0.05) is 17.7 Å². The molecule has 0 amide bonds. The highest BCUT2D eigenvalue weighted by Crippen LogP contribution is 2.35. The number of hydrogen-bond acceptors (Lipinski definition) is 4. The average Bonchev–Trinajstić information content (AvgIpc) is 2.96. The van der Waals surface area contributed by atoms with Crippen molar-refractivity contribution < 1.29 is 17.3 Å². The molecule has 2 rings (SSSR count). The van der Waals surface area contributed by atoms with Crippen molar-refractivity contribution >= 4 is 32.7 Å². The van der Waals surface area contributed by atoms with Gasteiger partial charge in [0, 0.05) is 0 Å². The zero-order chi connectivity index (χ0) is 11.8. The van der Waals surface area contributed by atoms with E-state index in [1.165, 1.54) is 12.1 Å². The van der Waals surface area contributed by atoms with Crippen molar-refractivity contribution in [1.82, 2.24) is 0 Å². The third-order valence-corrected chi connectivity index (χ3v) is 4.41. The molecule has 0 bridgehead atoms. The fourth-order valence-corrected chi connectivity index (χ4v) is 2.57. The Labute approximate surface area is 108 Å². The Hall–Kier alpha value is -0.180. The van der Waals surface area contributed by atoms with Crippen molar-refractivity contribution in [2.45, 2.75) is 15.4 Å². The van der Waals surface area contributed by atoms with Crippen LogP contribution >= 0.6 is 22.6 Å². The van der Waals surface area contributed by atoms with E-state index < -0.39 is 13.7 Å². The van der Waals surface area contributed by atoms with E-state index in [4.69, 9.17) is 8.92 Å². The van der Waals surface area contributed by atoms with Gasteiger partial charge in [0.2, 0.25) is 0 Å². The molecule has 1 aromatic carbocycles. The molecular formula is C10H11IO4S. The van der Waals surface area contributed by atoms with Gasteiger partial charge in [0.1, 0.15) is 6.61 Å². The molecule has 1 aliphatic rings. The molecule has 4 nitrogen and oxygen atoms in total. The summed E-state index contributed by atoms with van der Waals surface area (Å²) < 4.78 is 33.0. The van der Waals surface area contributed by atoms with Crippen LogP contribution in [0.5, 0.6) is 0 Å². The van der Waals surface area contributed by atoms with Gasteiger partial charge in [-0.3, -0.25) is 4.18 Å². The summed E-state index contributed by atoms with van der Waals surface area (Å²) in [5, 5.41) is 0. The van der Waals surface area contributed by atoms with Crippen molar-refractivity contribution in [1.29, 1.82) is 0 Å². The SMILES string of the molecule is Cc1ccc(S(=O)(=O)OCC2(I)CO2)cc1. The number of halogens is 1. The van der Waals surface area contributed by atoms with Gasteiger partial charge in [-0.25, -0.2) is 0 Å². The third-order valence-electron chi connectivity index (χ3n) is 2.20. The molecule has 0 radical (unpaired) electrons. The van der Waals surface area contributed by atoms with Crippen molar-refractivity contribution in [3.63, 3.8) is 0 Å². The number of aryl methyl sites for hydroxylation is 1. The molecule has 88 valence electrons. The predicted octanol–water partition coefficient (Wildman–Crippen LogP) is 1.86. The monoisotopic (exact) mass is 354 g/mol. The zero-order valence-electron chi connectivity index (χ0n) is 8.64. The molecule has 1 aromatic rings. The number of benzene rings is 1. The van der Waals surface area contributed by atoms with Crippen LogP contribution in [0.25, 0.3) is 0 Å². The lowest BCUT2D eigenvalue weighted by atomic mass is 10.2. The van der Waals surface area contributed by atoms with E-state index in [9.17, 15) is 8.42 Å². The van der Waals surface area contributed by atoms with Gasteiger partial charge < -0.3 is 4.74 Å². The van der Waals surface area contributed by atoms with Crippen LogP contribution in [-0.4, -0.2) is 25.2 Å². The van der Waals surface area contributed by atoms with E-state index in [1.807, 2.05) is 29.5 Å². The molecule has 1 fully saturated rings. The number of rotatable bonds is 4. The summed E-state index contributed by atoms with van der Waals surface area (Å²) in [6.45, 7) is 2.50. The maximum atomic E-state index is 11.7. The van der Waals surface area contributed by atoms with Gasteiger partial charge >= 0.3 is 0 Å². The lowest BCUT2D eigenvalue weighted by Gasteiger charge is -2.07. The van der Waals surface area contributed by atoms with Gasteiger partial charge in [-0.2, -0.15) is 8.42 Å². The Bertz CT molecular complexity index is 476. The lowest BCUT2D eigenvalue weighted by molar-refractivity contribution is 0.258. The second-order valence-corrected chi connectivity index (χ2v) is 7.28. The summed E-state index contributed by atoms with van der Waals surface area (Å²) in [6.07, 6.45) is 0. The van der Waals surface area contributed by atoms with Crippen LogP contribution in [0, 0.1) is 6.92 Å². The quantitative estimate of drug-likeness (QED) is 0.359. The first-order chi connectivity index (χ1) is 7.41. The van der Waals surface area contributed by atoms with E-state index >= 15 is 0 Å². The van der Waals surface area contributed by atoms with Gasteiger partial charge in [0.05, 0.1) is 11.5 Å². The molecule has 0 N–H and O–H groups in total. The Morgan fingerprint density at radius 2 is 2.00 bits per heavy atom. The third kappa shape index (κ3) is 2.93. The van der Waals surface area contributed by atoms with Gasteiger partial charge in [-0.15, -0.1) is 0 Å². The molecular weight excluding hydrogens is 343 g/mol. The van der Waals surface area contributed by atoms with E-state index in [0.29, 0.717) is 6.61 Å². The van der Waals surface area contributed by atoms with Crippen molar-refractivity contribution in [3.8, 4) is 0 Å². The second kappa shape index (κ2) is 4.25. The number of ether oxygens (including phenoxy) is 1. The molecule has 1 aliphatic heterocycles. The predicted molar refractivity (Wildman–Crippen MR) is 67.0 cm³/mol. The van der Waals surface area contributed by atoms with Gasteiger partial charge in [0.25, 0.3) is 10.1 Å². The highest BCUT2D eigenvalue weighted by molar-refractivity contribution is 14.1. The van der Waals surface area contributed by atoms with Crippen molar-refractivity contribution in [2.75, 3.05) is 13.2 Å². The van der Waals surface area contributed by atoms with Crippen LogP contribution in [0.15, 0.2) is 29.2 Å². The smallest absolute Gasteiger partial charge is 0.297 e. The normalized spacial score (nSPS) is 24.4. The highest BCUT2D eigenvalue weighted by Gasteiger charge is 2.43. The van der Waals surface area contributed by atoms with Crippen LogP contribution < -0.4 is 0 Å². The number of alkyl halides is 1. The van der Waals surface area contributed by atoms with Gasteiger partial charge in [-0.05, 0) is 41.6 Å². The topological polar surface area (TPSA) is 55.9 Å². The Balaban J connectivity index is 2.09. The first-order valence-electron chi connectivity index (χ1n) is 4.70. The first kappa shape index (κ1) is 12.3. The molecule has 1 atom stereocenters. The van der Waals surface area contributed by atoms with Crippen LogP contribution in [-0.2, 0) is 19.0 Å². The highest BCUT2D eigenvalue weighted by atomic mass is 127. The molecule has 0 aromatic heterocycles. The molecule has 1 unspecified atom stereocenters. The van der Waals surface area contributed by atoms with Crippen molar-refractivity contribution in [3.05, 3.63) is 29.8 Å². The fraction of sp³-hybridized carbons (Fsp3) is 0.400. The minimum Gasteiger partial charge on any atom is -0.356 e. The summed E-state index contributed by atoms with van der Waals surface area (Å²) in [5.74, 6) is 0. The summed E-state index contributed by atoms with van der Waals surface area (Å²) >= 11 is 2.04. The molecule has 1 heterocycles.